The first-order valence-corrected chi connectivity index (χ1v) is 9.71. The second-order valence-electron chi connectivity index (χ2n) is 5.66. The average molecular weight is 367 g/mol. The summed E-state index contributed by atoms with van der Waals surface area (Å²) in [6, 6.07) is 7.82. The van der Waals surface area contributed by atoms with Crippen LogP contribution in [-0.4, -0.2) is 34.5 Å². The van der Waals surface area contributed by atoms with Gasteiger partial charge in [0.25, 0.3) is 10.0 Å². The fraction of sp³-hybridized carbons (Fsp3) is 0.312. The van der Waals surface area contributed by atoms with Crippen LogP contribution in [-0.2, 0) is 14.8 Å². The molecule has 8 heteroatoms. The molecule has 24 heavy (non-hydrogen) atoms. The van der Waals surface area contributed by atoms with Crippen molar-refractivity contribution in [2.45, 2.75) is 24.1 Å². The molecule has 0 radical (unpaired) electrons. The molecular weight excluding hydrogens is 346 g/mol. The van der Waals surface area contributed by atoms with Gasteiger partial charge in [-0.1, -0.05) is 6.07 Å². The van der Waals surface area contributed by atoms with Crippen LogP contribution in [0.1, 0.15) is 12.5 Å². The molecule has 0 aliphatic carbocycles. The lowest BCUT2D eigenvalue weighted by Gasteiger charge is -2.18. The zero-order valence-electron chi connectivity index (χ0n) is 14.0. The maximum atomic E-state index is 12.2. The number of hydrogen-bond donors (Lipinski definition) is 2. The largest absolute Gasteiger partial charge is 0.377 e. The fourth-order valence-corrected chi connectivity index (χ4v) is 4.46. The van der Waals surface area contributed by atoms with Crippen LogP contribution in [0.4, 0.5) is 11.4 Å². The number of nitrogens with one attached hydrogen (secondary N) is 2. The van der Waals surface area contributed by atoms with Gasteiger partial charge in [-0.3, -0.25) is 4.79 Å². The van der Waals surface area contributed by atoms with E-state index in [2.05, 4.69) is 10.0 Å². The molecule has 2 N–H and O–H groups in total. The van der Waals surface area contributed by atoms with E-state index in [1.165, 1.54) is 13.0 Å². The van der Waals surface area contributed by atoms with Gasteiger partial charge >= 0.3 is 0 Å². The van der Waals surface area contributed by atoms with Crippen molar-refractivity contribution in [3.63, 3.8) is 0 Å². The number of carbonyl (C=O) groups excluding carboxylic acids is 1. The van der Waals surface area contributed by atoms with Crippen molar-refractivity contribution in [3.8, 4) is 0 Å². The predicted octanol–water partition coefficient (Wildman–Crippen LogP) is 2.43. The lowest BCUT2D eigenvalue weighted by molar-refractivity contribution is -0.117. The van der Waals surface area contributed by atoms with Crippen LogP contribution in [0.25, 0.3) is 0 Å². The Bertz CT molecular complexity index is 815. The molecule has 0 bridgehead atoms. The smallest absolute Gasteiger partial charge is 0.250 e. The van der Waals surface area contributed by atoms with E-state index in [4.69, 9.17) is 0 Å². The lowest BCUT2D eigenvalue weighted by atomic mass is 10.1. The zero-order valence-corrected chi connectivity index (χ0v) is 15.7. The summed E-state index contributed by atoms with van der Waals surface area (Å²) in [7, 11) is 0.214. The average Bonchev–Trinajstić information content (AvgIpc) is 3.01. The first kappa shape index (κ1) is 18.4. The molecule has 1 atom stereocenters. The molecule has 0 saturated heterocycles. The number of sulfonamides is 1. The Morgan fingerprint density at radius 1 is 1.25 bits per heavy atom. The van der Waals surface area contributed by atoms with Crippen LogP contribution in [0.3, 0.4) is 0 Å². The Morgan fingerprint density at radius 2 is 1.96 bits per heavy atom. The third-order valence-electron chi connectivity index (χ3n) is 3.43. The molecule has 1 heterocycles. The number of anilines is 2. The number of amides is 1. The van der Waals surface area contributed by atoms with E-state index < -0.39 is 22.0 Å². The van der Waals surface area contributed by atoms with E-state index >= 15 is 0 Å². The molecule has 0 spiro atoms. The number of nitrogens with zero attached hydrogens (tertiary/aromatic N) is 1. The van der Waals surface area contributed by atoms with Crippen molar-refractivity contribution >= 4 is 38.6 Å². The van der Waals surface area contributed by atoms with Gasteiger partial charge < -0.3 is 10.2 Å². The van der Waals surface area contributed by atoms with Gasteiger partial charge in [0.15, 0.2) is 0 Å². The van der Waals surface area contributed by atoms with Crippen LogP contribution in [0.5, 0.6) is 0 Å². The molecular formula is C16H21N3O3S2. The van der Waals surface area contributed by atoms with Gasteiger partial charge in [-0.05, 0) is 49.1 Å². The van der Waals surface area contributed by atoms with Crippen molar-refractivity contribution in [1.82, 2.24) is 4.72 Å². The third-order valence-corrected chi connectivity index (χ3v) is 6.37. The van der Waals surface area contributed by atoms with E-state index in [9.17, 15) is 13.2 Å². The minimum Gasteiger partial charge on any atom is -0.377 e. The van der Waals surface area contributed by atoms with Gasteiger partial charge in [0.1, 0.15) is 4.21 Å². The second kappa shape index (κ2) is 7.33. The first-order chi connectivity index (χ1) is 11.2. The summed E-state index contributed by atoms with van der Waals surface area (Å²) < 4.78 is 26.9. The second-order valence-corrected chi connectivity index (χ2v) is 8.55. The van der Waals surface area contributed by atoms with Crippen molar-refractivity contribution in [2.24, 2.45) is 0 Å². The van der Waals surface area contributed by atoms with Crippen LogP contribution in [0, 0.1) is 6.92 Å². The summed E-state index contributed by atoms with van der Waals surface area (Å²) in [5.41, 5.74) is 2.70. The van der Waals surface area contributed by atoms with Gasteiger partial charge in [-0.25, -0.2) is 8.42 Å². The Hall–Kier alpha value is -1.90. The predicted molar refractivity (Wildman–Crippen MR) is 98.2 cm³/mol. The first-order valence-electron chi connectivity index (χ1n) is 7.35. The molecule has 1 aromatic carbocycles. The minimum atomic E-state index is -3.68. The highest BCUT2D eigenvalue weighted by Gasteiger charge is 2.22. The van der Waals surface area contributed by atoms with Gasteiger partial charge in [0.2, 0.25) is 5.91 Å². The van der Waals surface area contributed by atoms with Crippen LogP contribution in [0.15, 0.2) is 39.9 Å². The number of carbonyl (C=O) groups is 1. The normalized spacial score (nSPS) is 12.7. The highest BCUT2D eigenvalue weighted by Crippen LogP contribution is 2.22. The van der Waals surface area contributed by atoms with Crippen molar-refractivity contribution in [1.29, 1.82) is 0 Å². The van der Waals surface area contributed by atoms with Gasteiger partial charge in [0.05, 0.1) is 6.04 Å². The zero-order chi connectivity index (χ0) is 17.9. The van der Waals surface area contributed by atoms with Crippen molar-refractivity contribution in [2.75, 3.05) is 24.3 Å². The Balaban J connectivity index is 2.05. The van der Waals surface area contributed by atoms with Gasteiger partial charge in [-0.15, -0.1) is 11.3 Å². The Kier molecular flexibility index (Phi) is 5.63. The molecule has 1 unspecified atom stereocenters. The van der Waals surface area contributed by atoms with E-state index in [0.717, 1.165) is 22.6 Å². The topological polar surface area (TPSA) is 78.5 Å². The molecule has 1 aromatic heterocycles. The fourth-order valence-electron chi connectivity index (χ4n) is 2.25. The standard InChI is InChI=1S/C16H21N3O3S2/c1-11-10-13(7-8-14(11)19(3)4)17-16(20)12(2)18-24(21,22)15-6-5-9-23-15/h5-10,12,18H,1-4H3,(H,17,20). The van der Waals surface area contributed by atoms with Crippen molar-refractivity contribution in [3.05, 3.63) is 41.3 Å². The summed E-state index contributed by atoms with van der Waals surface area (Å²) in [6.45, 7) is 3.47. The number of rotatable bonds is 6. The summed E-state index contributed by atoms with van der Waals surface area (Å²) >= 11 is 1.11. The number of benzene rings is 1. The maximum absolute atomic E-state index is 12.2. The SMILES string of the molecule is Cc1cc(NC(=O)C(C)NS(=O)(=O)c2cccs2)ccc1N(C)C. The molecule has 2 rings (SSSR count). The molecule has 0 fully saturated rings. The summed E-state index contributed by atoms with van der Waals surface area (Å²) in [5.74, 6) is -0.410. The molecule has 2 aromatic rings. The third kappa shape index (κ3) is 4.34. The quantitative estimate of drug-likeness (QED) is 0.822. The molecule has 0 aliphatic rings. The monoisotopic (exact) mass is 367 g/mol. The minimum absolute atomic E-state index is 0.188. The van der Waals surface area contributed by atoms with Crippen LogP contribution < -0.4 is 14.9 Å². The lowest BCUT2D eigenvalue weighted by Crippen LogP contribution is -2.41. The number of thiophene rings is 1. The molecule has 0 saturated carbocycles. The van der Waals surface area contributed by atoms with E-state index in [-0.39, 0.29) is 4.21 Å². The summed E-state index contributed by atoms with van der Waals surface area (Å²) in [4.78, 5) is 14.2. The molecule has 130 valence electrons. The Morgan fingerprint density at radius 3 is 2.50 bits per heavy atom. The van der Waals surface area contributed by atoms with Gasteiger partial charge in [0, 0.05) is 25.5 Å². The number of aryl methyl sites for hydroxylation is 1. The molecule has 6 nitrogen and oxygen atoms in total. The summed E-state index contributed by atoms with van der Waals surface area (Å²) in [5, 5.41) is 4.41. The molecule has 0 aliphatic heterocycles. The highest BCUT2D eigenvalue weighted by atomic mass is 32.2. The highest BCUT2D eigenvalue weighted by molar-refractivity contribution is 7.91. The van der Waals surface area contributed by atoms with E-state index in [0.29, 0.717) is 5.69 Å². The molecule has 1 amide bonds. The maximum Gasteiger partial charge on any atom is 0.250 e. The van der Waals surface area contributed by atoms with E-state index in [1.54, 1.807) is 17.5 Å². The number of hydrogen-bond acceptors (Lipinski definition) is 5. The van der Waals surface area contributed by atoms with E-state index in [1.807, 2.05) is 38.1 Å². The van der Waals surface area contributed by atoms with Crippen molar-refractivity contribution < 1.29 is 13.2 Å². The van der Waals surface area contributed by atoms with Crippen LogP contribution in [0.2, 0.25) is 0 Å². The summed E-state index contributed by atoms with van der Waals surface area (Å²) in [6.07, 6.45) is 0. The van der Waals surface area contributed by atoms with Gasteiger partial charge in [-0.2, -0.15) is 4.72 Å². The van der Waals surface area contributed by atoms with Crippen LogP contribution >= 0.6 is 11.3 Å². The Labute approximate surface area is 146 Å².